The number of nitrogens with zero attached hydrogens (tertiary/aromatic N) is 3. The van der Waals surface area contributed by atoms with Crippen molar-refractivity contribution in [2.45, 2.75) is 65.0 Å². The first-order valence-corrected chi connectivity index (χ1v) is 26.3. The zero-order valence-electron chi connectivity index (χ0n) is 45.8. The average molecular weight is 1120 g/mol. The number of carboxylic acids is 1. The number of aliphatic imine (C=N–C) groups is 1. The quantitative estimate of drug-likeness (QED) is 0.0118. The summed E-state index contributed by atoms with van der Waals surface area (Å²) in [6.07, 6.45) is 0.433. The zero-order valence-corrected chi connectivity index (χ0v) is 45.8. The van der Waals surface area contributed by atoms with Crippen LogP contribution >= 0.6 is 0 Å². The second-order valence-corrected chi connectivity index (χ2v) is 17.2. The third-order valence-corrected chi connectivity index (χ3v) is 11.4. The van der Waals surface area contributed by atoms with Gasteiger partial charge in [0.25, 0.3) is 11.6 Å². The number of nitro benzene ring substituents is 1. The molecule has 3 aromatic rings. The van der Waals surface area contributed by atoms with Crippen LogP contribution in [0, 0.1) is 10.1 Å². The van der Waals surface area contributed by atoms with Crippen LogP contribution < -0.4 is 47.4 Å². The SMILES string of the molecule is CCN(CC)c1ccc2cc(C(=O)NCCOCCOCCOCCOCCOCCOCCOCCOCCC(=O)NC(CCCN=C(N)N)C(=O)NC(C)c3cc(OCCCC(=O)O)c(OC)cc3[N+](=O)[O-])c(=O)oc2c1. The molecule has 1 aromatic heterocycles. The number of nitrogens with one attached hydrogen (secondary N) is 3. The molecule has 0 aliphatic rings. The molecule has 0 aliphatic carbocycles. The van der Waals surface area contributed by atoms with Crippen molar-refractivity contribution in [3.8, 4) is 11.5 Å². The molecule has 0 fully saturated rings. The van der Waals surface area contributed by atoms with Gasteiger partial charge >= 0.3 is 11.6 Å². The number of hydrogen-bond acceptors (Lipinski definition) is 20. The molecule has 27 heteroatoms. The van der Waals surface area contributed by atoms with Crippen molar-refractivity contribution in [2.75, 3.05) is 151 Å². The molecule has 79 heavy (non-hydrogen) atoms. The number of hydrogen-bond donors (Lipinski definition) is 6. The number of benzene rings is 2. The van der Waals surface area contributed by atoms with Crippen LogP contribution in [0.25, 0.3) is 11.0 Å². The minimum atomic E-state index is -1.05. The molecule has 0 bridgehead atoms. The Labute approximate surface area is 459 Å². The van der Waals surface area contributed by atoms with Gasteiger partial charge in [0.2, 0.25) is 11.8 Å². The summed E-state index contributed by atoms with van der Waals surface area (Å²) in [6.45, 7) is 12.8. The van der Waals surface area contributed by atoms with Gasteiger partial charge in [-0.1, -0.05) is 0 Å². The van der Waals surface area contributed by atoms with Gasteiger partial charge in [0.15, 0.2) is 17.5 Å². The number of methoxy groups -OCH3 is 1. The molecule has 27 nitrogen and oxygen atoms in total. The van der Waals surface area contributed by atoms with Crippen molar-refractivity contribution in [2.24, 2.45) is 16.5 Å². The Balaban J connectivity index is 1.15. The van der Waals surface area contributed by atoms with Crippen LogP contribution in [0.4, 0.5) is 11.4 Å². The third-order valence-electron chi connectivity index (χ3n) is 11.4. The number of nitro groups is 1. The highest BCUT2D eigenvalue weighted by Crippen LogP contribution is 2.37. The van der Waals surface area contributed by atoms with Crippen LogP contribution in [0.5, 0.6) is 11.5 Å². The van der Waals surface area contributed by atoms with Gasteiger partial charge in [-0.15, -0.1) is 0 Å². The molecular formula is C52H80N8O19. The fourth-order valence-electron chi connectivity index (χ4n) is 7.36. The number of guanidine groups is 1. The molecule has 0 spiro atoms. The molecule has 2 unspecified atom stereocenters. The van der Waals surface area contributed by atoms with E-state index in [1.165, 1.54) is 26.2 Å². The Hall–Kier alpha value is -6.72. The van der Waals surface area contributed by atoms with Crippen molar-refractivity contribution in [1.29, 1.82) is 0 Å². The number of nitrogens with two attached hydrogens (primary N) is 2. The average Bonchev–Trinajstić information content (AvgIpc) is 3.42. The van der Waals surface area contributed by atoms with Gasteiger partial charge in [0.05, 0.1) is 142 Å². The van der Waals surface area contributed by atoms with E-state index < -0.39 is 46.3 Å². The molecular weight excluding hydrogens is 1040 g/mol. The first kappa shape index (κ1) is 66.6. The Bertz CT molecular complexity index is 2380. The predicted molar refractivity (Wildman–Crippen MR) is 290 cm³/mol. The summed E-state index contributed by atoms with van der Waals surface area (Å²) in [5.41, 5.74) is 11.2. The summed E-state index contributed by atoms with van der Waals surface area (Å²) in [5.74, 6) is -2.57. The number of carbonyl (C=O) groups is 4. The lowest BCUT2D eigenvalue weighted by Gasteiger charge is -2.22. The fraction of sp³-hybridized carbons (Fsp3) is 0.615. The molecule has 2 aromatic carbocycles. The molecule has 442 valence electrons. The molecule has 0 saturated carbocycles. The number of rotatable bonds is 46. The molecule has 0 saturated heterocycles. The summed E-state index contributed by atoms with van der Waals surface area (Å²) in [4.78, 5) is 79.9. The molecule has 0 aliphatic heterocycles. The van der Waals surface area contributed by atoms with Crippen molar-refractivity contribution in [3.05, 3.63) is 68.1 Å². The maximum atomic E-state index is 13.5. The number of fused-ring (bicyclic) bond motifs is 1. The van der Waals surface area contributed by atoms with Gasteiger partial charge in [-0.25, -0.2) is 4.79 Å². The van der Waals surface area contributed by atoms with Crippen LogP contribution in [0.2, 0.25) is 0 Å². The first-order valence-electron chi connectivity index (χ1n) is 26.3. The van der Waals surface area contributed by atoms with Crippen LogP contribution in [-0.2, 0) is 52.3 Å². The van der Waals surface area contributed by atoms with Crippen molar-refractivity contribution in [3.63, 3.8) is 0 Å². The summed E-state index contributed by atoms with van der Waals surface area (Å²) in [7, 11) is 1.30. The van der Waals surface area contributed by atoms with Crippen LogP contribution in [0.15, 0.2) is 50.6 Å². The molecule has 8 N–H and O–H groups in total. The predicted octanol–water partition coefficient (Wildman–Crippen LogP) is 2.47. The zero-order chi connectivity index (χ0) is 57.6. The molecule has 3 rings (SSSR count). The second-order valence-electron chi connectivity index (χ2n) is 17.2. The van der Waals surface area contributed by atoms with Crippen molar-refractivity contribution in [1.82, 2.24) is 16.0 Å². The van der Waals surface area contributed by atoms with E-state index in [1.807, 2.05) is 32.0 Å². The Morgan fingerprint density at radius 3 is 1.81 bits per heavy atom. The third kappa shape index (κ3) is 27.1. The molecule has 3 amide bonds. The summed E-state index contributed by atoms with van der Waals surface area (Å²) in [6, 6.07) is 7.66. The van der Waals surface area contributed by atoms with Gasteiger partial charge in [-0.2, -0.15) is 0 Å². The maximum Gasteiger partial charge on any atom is 0.349 e. The highest BCUT2D eigenvalue weighted by atomic mass is 16.6. The Morgan fingerprint density at radius 2 is 1.29 bits per heavy atom. The number of carboxylic acid groups (broad SMARTS) is 1. The van der Waals surface area contributed by atoms with Gasteiger partial charge < -0.3 is 89.2 Å². The van der Waals surface area contributed by atoms with Gasteiger partial charge in [0, 0.05) is 56.2 Å². The van der Waals surface area contributed by atoms with Gasteiger partial charge in [0.1, 0.15) is 17.2 Å². The van der Waals surface area contributed by atoms with Gasteiger partial charge in [-0.3, -0.25) is 34.3 Å². The number of carbonyl (C=O) groups excluding carboxylic acids is 3. The lowest BCUT2D eigenvalue weighted by atomic mass is 10.0. The van der Waals surface area contributed by atoms with E-state index in [1.54, 1.807) is 0 Å². The standard InChI is InChI=1S/C52H80N8O19/c1-5-59(6-2)39-12-11-38-33-41(51(66)79-44(38)34-39)49(64)55-15-18-71-20-22-73-24-26-75-28-30-77-32-31-76-29-27-74-25-23-72-21-19-70-17-13-47(61)58-42(9-7-14-56-52(53)54)50(65)57-37(3)40-35-46(78-16-8-10-48(62)63)45(69-4)36-43(40)60(67)68/h11-12,33-37,42H,5-10,13-32H2,1-4H3,(H,55,64)(H,57,65)(H,58,61)(H,62,63)(H4,53,54,56). The van der Waals surface area contributed by atoms with E-state index >= 15 is 0 Å². The Kier molecular flexibility index (Phi) is 33.4. The minimum absolute atomic E-state index is 0.000639. The fourth-order valence-corrected chi connectivity index (χ4v) is 7.36. The van der Waals surface area contributed by atoms with E-state index in [0.717, 1.165) is 24.8 Å². The highest BCUT2D eigenvalue weighted by Gasteiger charge is 2.28. The van der Waals surface area contributed by atoms with E-state index in [0.29, 0.717) is 96.7 Å². The number of ether oxygens (including phenoxy) is 10. The van der Waals surface area contributed by atoms with E-state index in [9.17, 15) is 34.1 Å². The Morgan fingerprint density at radius 1 is 0.734 bits per heavy atom. The lowest BCUT2D eigenvalue weighted by molar-refractivity contribution is -0.385. The van der Waals surface area contributed by atoms with E-state index in [-0.39, 0.29) is 106 Å². The van der Waals surface area contributed by atoms with Crippen LogP contribution in [0.1, 0.15) is 74.8 Å². The number of aliphatic carboxylic acids is 1. The highest BCUT2D eigenvalue weighted by molar-refractivity contribution is 5.97. The van der Waals surface area contributed by atoms with Gasteiger partial charge in [-0.05, 0) is 64.3 Å². The van der Waals surface area contributed by atoms with Crippen LogP contribution in [-0.4, -0.2) is 191 Å². The second kappa shape index (κ2) is 39.6. The van der Waals surface area contributed by atoms with E-state index in [2.05, 4.69) is 25.8 Å². The van der Waals surface area contributed by atoms with E-state index in [4.69, 9.17) is 68.4 Å². The molecule has 1 heterocycles. The lowest BCUT2D eigenvalue weighted by Crippen LogP contribution is -2.47. The largest absolute Gasteiger partial charge is 0.493 e. The summed E-state index contributed by atoms with van der Waals surface area (Å²) < 4.78 is 60.5. The number of amides is 3. The number of anilines is 1. The summed E-state index contributed by atoms with van der Waals surface area (Å²) in [5, 5.41) is 29.7. The smallest absolute Gasteiger partial charge is 0.349 e. The van der Waals surface area contributed by atoms with Crippen molar-refractivity contribution < 1.29 is 81.0 Å². The van der Waals surface area contributed by atoms with Crippen LogP contribution in [0.3, 0.4) is 0 Å². The maximum absolute atomic E-state index is 13.5. The van der Waals surface area contributed by atoms with Crippen molar-refractivity contribution >= 4 is 52.0 Å². The first-order chi connectivity index (χ1) is 38.2. The monoisotopic (exact) mass is 1120 g/mol. The molecule has 2 atom stereocenters. The minimum Gasteiger partial charge on any atom is -0.493 e. The normalized spacial score (nSPS) is 11.9. The summed E-state index contributed by atoms with van der Waals surface area (Å²) >= 11 is 0. The topological polar surface area (TPSA) is 358 Å². The molecule has 0 radical (unpaired) electrons.